The summed E-state index contributed by atoms with van der Waals surface area (Å²) in [7, 11) is 0. The van der Waals surface area contributed by atoms with Crippen molar-refractivity contribution in [1.29, 1.82) is 0 Å². The molecule has 0 fully saturated rings. The summed E-state index contributed by atoms with van der Waals surface area (Å²) >= 11 is 0. The van der Waals surface area contributed by atoms with Crippen LogP contribution in [0.4, 0.5) is 4.79 Å². The van der Waals surface area contributed by atoms with Crippen molar-refractivity contribution in [3.05, 3.63) is 29.4 Å². The Labute approximate surface area is 136 Å². The van der Waals surface area contributed by atoms with Crippen LogP contribution in [-0.2, 0) is 22.4 Å². The largest absolute Gasteiger partial charge is 0.444 e. The van der Waals surface area contributed by atoms with Crippen molar-refractivity contribution in [2.75, 3.05) is 19.8 Å². The Hall–Kier alpha value is -1.95. The number of rotatable bonds is 1. The number of hydrogen-bond donors (Lipinski definition) is 0. The molecule has 0 aromatic carbocycles. The van der Waals surface area contributed by atoms with Crippen molar-refractivity contribution in [1.82, 2.24) is 14.9 Å². The van der Waals surface area contributed by atoms with Crippen LogP contribution in [0.15, 0.2) is 12.4 Å². The second-order valence-corrected chi connectivity index (χ2v) is 6.85. The normalized spacial score (nSPS) is 18.2. The first kappa shape index (κ1) is 15.9. The lowest BCUT2D eigenvalue weighted by molar-refractivity contribution is 0.0220. The number of carbonyl (C=O) groups excluding carboxylic acids is 1. The van der Waals surface area contributed by atoms with Crippen molar-refractivity contribution in [3.8, 4) is 0 Å². The topological polar surface area (TPSA) is 64.5 Å². The van der Waals surface area contributed by atoms with E-state index in [0.29, 0.717) is 19.7 Å². The number of carbonyl (C=O) groups is 1. The lowest BCUT2D eigenvalue weighted by Crippen LogP contribution is -2.40. The van der Waals surface area contributed by atoms with E-state index in [4.69, 9.17) is 9.47 Å². The third-order valence-corrected chi connectivity index (χ3v) is 3.93. The summed E-state index contributed by atoms with van der Waals surface area (Å²) in [5.41, 5.74) is 3.82. The van der Waals surface area contributed by atoms with Crippen LogP contribution in [0.2, 0.25) is 0 Å². The van der Waals surface area contributed by atoms with Gasteiger partial charge in [0.25, 0.3) is 0 Å². The van der Waals surface area contributed by atoms with Gasteiger partial charge in [0.15, 0.2) is 0 Å². The Bertz CT molecular complexity index is 634. The maximum Gasteiger partial charge on any atom is 0.410 e. The van der Waals surface area contributed by atoms with Crippen LogP contribution in [-0.4, -0.2) is 46.3 Å². The van der Waals surface area contributed by atoms with Gasteiger partial charge in [-0.25, -0.2) is 14.8 Å². The van der Waals surface area contributed by atoms with Gasteiger partial charge in [-0.2, -0.15) is 0 Å². The smallest absolute Gasteiger partial charge is 0.410 e. The summed E-state index contributed by atoms with van der Waals surface area (Å²) in [6.07, 6.45) is 5.02. The molecule has 3 rings (SSSR count). The quantitative estimate of drug-likeness (QED) is 0.796. The van der Waals surface area contributed by atoms with Crippen molar-refractivity contribution in [3.63, 3.8) is 0 Å². The zero-order chi connectivity index (χ0) is 16.4. The molecule has 1 amide bonds. The monoisotopic (exact) mass is 317 g/mol. The average molecular weight is 317 g/mol. The average Bonchev–Trinajstić information content (AvgIpc) is 2.53. The molecule has 0 unspecified atom stereocenters. The van der Waals surface area contributed by atoms with E-state index in [1.807, 2.05) is 20.8 Å². The van der Waals surface area contributed by atoms with Crippen LogP contribution in [0, 0.1) is 0 Å². The van der Waals surface area contributed by atoms with E-state index in [1.54, 1.807) is 11.2 Å². The summed E-state index contributed by atoms with van der Waals surface area (Å²) in [6, 6.07) is 0. The van der Waals surface area contributed by atoms with Crippen LogP contribution < -0.4 is 0 Å². The minimum Gasteiger partial charge on any atom is -0.444 e. The number of fused-ring (bicyclic) bond motifs is 1. The number of ether oxygens (including phenoxy) is 2. The number of nitrogens with zero attached hydrogens (tertiary/aromatic N) is 3. The molecule has 0 aliphatic carbocycles. The van der Waals surface area contributed by atoms with E-state index in [9.17, 15) is 4.79 Å². The van der Waals surface area contributed by atoms with E-state index < -0.39 is 5.60 Å². The summed E-state index contributed by atoms with van der Waals surface area (Å²) < 4.78 is 10.8. The van der Waals surface area contributed by atoms with Gasteiger partial charge in [0, 0.05) is 12.1 Å². The molecule has 2 aliphatic heterocycles. The van der Waals surface area contributed by atoms with Gasteiger partial charge in [-0.1, -0.05) is 6.08 Å². The lowest BCUT2D eigenvalue weighted by Gasteiger charge is -2.31. The summed E-state index contributed by atoms with van der Waals surface area (Å²) in [5.74, 6) is 0. The first-order chi connectivity index (χ1) is 10.9. The van der Waals surface area contributed by atoms with E-state index in [2.05, 4.69) is 16.0 Å². The fraction of sp³-hybridized carbons (Fsp3) is 0.588. The van der Waals surface area contributed by atoms with Crippen molar-refractivity contribution >= 4 is 11.7 Å². The van der Waals surface area contributed by atoms with Crippen molar-refractivity contribution in [2.45, 2.75) is 45.8 Å². The Balaban J connectivity index is 1.80. The molecule has 23 heavy (non-hydrogen) atoms. The number of hydrogen-bond acceptors (Lipinski definition) is 5. The van der Waals surface area contributed by atoms with E-state index >= 15 is 0 Å². The summed E-state index contributed by atoms with van der Waals surface area (Å²) in [6.45, 7) is 8.10. The van der Waals surface area contributed by atoms with Gasteiger partial charge in [-0.3, -0.25) is 0 Å². The van der Waals surface area contributed by atoms with Crippen LogP contribution in [0.25, 0.3) is 5.57 Å². The maximum atomic E-state index is 12.2. The highest BCUT2D eigenvalue weighted by Gasteiger charge is 2.28. The molecule has 1 aromatic rings. The standard InChI is InChI=1S/C17H23N3O3/c1-17(2,3)23-16(21)20-7-4-13-14(10-20)18-11-19-15(13)12-5-8-22-9-6-12/h5,11H,4,6-10H2,1-3H3. The maximum absolute atomic E-state index is 12.2. The van der Waals surface area contributed by atoms with E-state index in [-0.39, 0.29) is 6.09 Å². The van der Waals surface area contributed by atoms with Crippen molar-refractivity contribution in [2.24, 2.45) is 0 Å². The third-order valence-electron chi connectivity index (χ3n) is 3.93. The highest BCUT2D eigenvalue weighted by atomic mass is 16.6. The van der Waals surface area contributed by atoms with Gasteiger partial charge in [0.1, 0.15) is 11.9 Å². The fourth-order valence-electron chi connectivity index (χ4n) is 2.86. The summed E-state index contributed by atoms with van der Waals surface area (Å²) in [5, 5.41) is 0. The van der Waals surface area contributed by atoms with E-state index in [1.165, 1.54) is 5.57 Å². The molecule has 0 atom stereocenters. The molecule has 0 bridgehead atoms. The molecule has 0 radical (unpaired) electrons. The Morgan fingerprint density at radius 2 is 2.13 bits per heavy atom. The van der Waals surface area contributed by atoms with Crippen LogP contribution in [0.1, 0.15) is 44.1 Å². The predicted molar refractivity (Wildman–Crippen MR) is 85.8 cm³/mol. The molecule has 6 heteroatoms. The number of amides is 1. The predicted octanol–water partition coefficient (Wildman–Crippen LogP) is 2.57. The van der Waals surface area contributed by atoms with Gasteiger partial charge < -0.3 is 14.4 Å². The van der Waals surface area contributed by atoms with Crippen LogP contribution in [0.3, 0.4) is 0 Å². The summed E-state index contributed by atoms with van der Waals surface area (Å²) in [4.78, 5) is 22.8. The molecular weight excluding hydrogens is 294 g/mol. The van der Waals surface area contributed by atoms with Crippen molar-refractivity contribution < 1.29 is 14.3 Å². The lowest BCUT2D eigenvalue weighted by atomic mass is 9.96. The van der Waals surface area contributed by atoms with E-state index in [0.717, 1.165) is 36.4 Å². The van der Waals surface area contributed by atoms with Gasteiger partial charge >= 0.3 is 6.09 Å². The molecule has 1 aromatic heterocycles. The minimum atomic E-state index is -0.485. The van der Waals surface area contributed by atoms with Gasteiger partial charge in [-0.15, -0.1) is 0 Å². The molecule has 0 saturated heterocycles. The zero-order valence-corrected chi connectivity index (χ0v) is 14.0. The molecule has 124 valence electrons. The first-order valence-electron chi connectivity index (χ1n) is 8.02. The second-order valence-electron chi connectivity index (χ2n) is 6.85. The Morgan fingerprint density at radius 1 is 1.30 bits per heavy atom. The minimum absolute atomic E-state index is 0.284. The molecule has 0 N–H and O–H groups in total. The highest BCUT2D eigenvalue weighted by Crippen LogP contribution is 2.28. The first-order valence-corrected chi connectivity index (χ1v) is 8.02. The zero-order valence-electron chi connectivity index (χ0n) is 14.0. The SMILES string of the molecule is CC(C)(C)OC(=O)N1CCc2c(ncnc2C2=CCOCC2)C1. The molecule has 2 aliphatic rings. The van der Waals surface area contributed by atoms with Gasteiger partial charge in [0.2, 0.25) is 0 Å². The molecular formula is C17H23N3O3. The third kappa shape index (κ3) is 3.69. The molecule has 0 spiro atoms. The van der Waals surface area contributed by atoms with Gasteiger partial charge in [0.05, 0.1) is 31.1 Å². The van der Waals surface area contributed by atoms with Gasteiger partial charge in [-0.05, 0) is 39.2 Å². The molecule has 6 nitrogen and oxygen atoms in total. The number of aromatic nitrogens is 2. The molecule has 0 saturated carbocycles. The second kappa shape index (κ2) is 6.28. The molecule has 3 heterocycles. The van der Waals surface area contributed by atoms with Crippen LogP contribution in [0.5, 0.6) is 0 Å². The fourth-order valence-corrected chi connectivity index (χ4v) is 2.86. The highest BCUT2D eigenvalue weighted by molar-refractivity contribution is 5.70. The van der Waals surface area contributed by atoms with Crippen LogP contribution >= 0.6 is 0 Å². The Morgan fingerprint density at radius 3 is 2.83 bits per heavy atom. The Kier molecular flexibility index (Phi) is 4.35.